The van der Waals surface area contributed by atoms with E-state index in [1.165, 1.54) is 12.8 Å². The summed E-state index contributed by atoms with van der Waals surface area (Å²) in [5.74, 6) is 4.36. The van der Waals surface area contributed by atoms with Gasteiger partial charge in [-0.15, -0.1) is 0 Å². The average molecular weight is 275 g/mol. The zero-order valence-electron chi connectivity index (χ0n) is 13.8. The highest BCUT2D eigenvalue weighted by molar-refractivity contribution is 5.14. The van der Waals surface area contributed by atoms with Gasteiger partial charge in [-0.05, 0) is 92.4 Å². The van der Waals surface area contributed by atoms with E-state index in [1.54, 1.807) is 38.5 Å². The van der Waals surface area contributed by atoms with Crippen LogP contribution in [0.4, 0.5) is 0 Å². The minimum atomic E-state index is 0.585. The summed E-state index contributed by atoms with van der Waals surface area (Å²) in [5.41, 5.74) is 1.35. The molecule has 3 unspecified atom stereocenters. The van der Waals surface area contributed by atoms with Gasteiger partial charge in [0.1, 0.15) is 0 Å². The maximum absolute atomic E-state index is 3.79. The van der Waals surface area contributed by atoms with Gasteiger partial charge in [0.15, 0.2) is 0 Å². The Morgan fingerprint density at radius 3 is 1.90 bits per heavy atom. The predicted molar refractivity (Wildman–Crippen MR) is 84.6 cm³/mol. The minimum Gasteiger partial charge on any atom is -0.314 e. The van der Waals surface area contributed by atoms with Gasteiger partial charge in [0.05, 0.1) is 0 Å². The lowest BCUT2D eigenvalue weighted by Crippen LogP contribution is -2.65. The molecule has 0 aliphatic heterocycles. The van der Waals surface area contributed by atoms with Crippen LogP contribution in [0.1, 0.15) is 72.1 Å². The maximum Gasteiger partial charge on any atom is 0.0127 e. The molecule has 0 aromatic heterocycles. The highest BCUT2D eigenvalue weighted by atomic mass is 15.0. The molecular formula is C19H33N. The molecule has 5 saturated carbocycles. The van der Waals surface area contributed by atoms with Gasteiger partial charge in [-0.25, -0.2) is 0 Å². The van der Waals surface area contributed by atoms with Crippen molar-refractivity contribution in [3.63, 3.8) is 0 Å². The standard InChI is InChI=1S/C19H33N/c1-4-18(3)16(9-17(18)20-5-2)19-10-13-6-14(11-19)8-15(7-13)12-19/h13-17,20H,4-12H2,1-3H3. The lowest BCUT2D eigenvalue weighted by molar-refractivity contribution is -0.172. The van der Waals surface area contributed by atoms with E-state index in [2.05, 4.69) is 26.1 Å². The quantitative estimate of drug-likeness (QED) is 0.789. The number of rotatable bonds is 4. The monoisotopic (exact) mass is 275 g/mol. The second-order valence-corrected chi connectivity index (χ2v) is 9.04. The van der Waals surface area contributed by atoms with Crippen molar-refractivity contribution in [2.24, 2.45) is 34.5 Å². The van der Waals surface area contributed by atoms with Crippen LogP contribution in [0.25, 0.3) is 0 Å². The summed E-state index contributed by atoms with van der Waals surface area (Å²) in [5, 5.41) is 3.79. The van der Waals surface area contributed by atoms with Crippen molar-refractivity contribution >= 4 is 0 Å². The topological polar surface area (TPSA) is 12.0 Å². The summed E-state index contributed by atoms with van der Waals surface area (Å²) >= 11 is 0. The summed E-state index contributed by atoms with van der Waals surface area (Å²) in [7, 11) is 0. The van der Waals surface area contributed by atoms with E-state index in [1.807, 2.05) is 0 Å². The molecule has 3 atom stereocenters. The summed E-state index contributed by atoms with van der Waals surface area (Å²) in [6, 6.07) is 0.801. The Balaban J connectivity index is 1.58. The molecule has 0 saturated heterocycles. The Morgan fingerprint density at radius 2 is 1.45 bits per heavy atom. The molecule has 0 aromatic rings. The first-order valence-electron chi connectivity index (χ1n) is 9.33. The van der Waals surface area contributed by atoms with Crippen molar-refractivity contribution in [3.05, 3.63) is 0 Å². The largest absolute Gasteiger partial charge is 0.314 e. The number of nitrogens with one attached hydrogen (secondary N) is 1. The van der Waals surface area contributed by atoms with Crippen LogP contribution in [0.2, 0.25) is 0 Å². The maximum atomic E-state index is 3.79. The van der Waals surface area contributed by atoms with Gasteiger partial charge in [0.2, 0.25) is 0 Å². The number of hydrogen-bond acceptors (Lipinski definition) is 1. The van der Waals surface area contributed by atoms with E-state index in [0.717, 1.165) is 41.7 Å². The van der Waals surface area contributed by atoms with Crippen molar-refractivity contribution in [1.29, 1.82) is 0 Å². The van der Waals surface area contributed by atoms with Crippen LogP contribution in [0.5, 0.6) is 0 Å². The molecule has 1 heteroatoms. The molecule has 0 radical (unpaired) electrons. The molecule has 4 bridgehead atoms. The van der Waals surface area contributed by atoms with Crippen LogP contribution in [-0.2, 0) is 0 Å². The Kier molecular flexibility index (Phi) is 3.05. The van der Waals surface area contributed by atoms with E-state index in [4.69, 9.17) is 0 Å². The van der Waals surface area contributed by atoms with Crippen LogP contribution in [0.15, 0.2) is 0 Å². The lowest BCUT2D eigenvalue weighted by atomic mass is 9.38. The third kappa shape index (κ3) is 1.71. The molecule has 0 heterocycles. The van der Waals surface area contributed by atoms with Gasteiger partial charge in [0.25, 0.3) is 0 Å². The fourth-order valence-corrected chi connectivity index (χ4v) is 7.47. The van der Waals surface area contributed by atoms with Gasteiger partial charge >= 0.3 is 0 Å². The molecule has 0 spiro atoms. The van der Waals surface area contributed by atoms with E-state index < -0.39 is 0 Å². The second kappa shape index (κ2) is 4.48. The van der Waals surface area contributed by atoms with Crippen molar-refractivity contribution in [2.45, 2.75) is 78.2 Å². The second-order valence-electron chi connectivity index (χ2n) is 9.04. The van der Waals surface area contributed by atoms with Gasteiger partial charge in [-0.1, -0.05) is 20.8 Å². The summed E-state index contributed by atoms with van der Waals surface area (Å²) in [6.45, 7) is 8.46. The Hall–Kier alpha value is -0.0400. The zero-order valence-corrected chi connectivity index (χ0v) is 13.8. The predicted octanol–water partition coefficient (Wildman–Crippen LogP) is 4.62. The molecule has 114 valence electrons. The smallest absolute Gasteiger partial charge is 0.0127 e. The molecule has 5 fully saturated rings. The normalized spacial score (nSPS) is 56.9. The van der Waals surface area contributed by atoms with Crippen LogP contribution < -0.4 is 5.32 Å². The summed E-state index contributed by atoms with van der Waals surface area (Å²) in [6.07, 6.45) is 12.4. The van der Waals surface area contributed by atoms with Crippen LogP contribution in [0, 0.1) is 34.5 Å². The van der Waals surface area contributed by atoms with Crippen molar-refractivity contribution in [3.8, 4) is 0 Å². The Morgan fingerprint density at radius 1 is 0.900 bits per heavy atom. The molecule has 1 nitrogen and oxygen atoms in total. The molecule has 5 aliphatic rings. The molecule has 5 rings (SSSR count). The average Bonchev–Trinajstić information content (AvgIpc) is 2.40. The van der Waals surface area contributed by atoms with Gasteiger partial charge in [-0.2, -0.15) is 0 Å². The SMILES string of the molecule is CCNC1CC(C23CC4CC(CC(C4)C2)C3)C1(C)CC. The Labute approximate surface area is 125 Å². The van der Waals surface area contributed by atoms with Crippen molar-refractivity contribution in [2.75, 3.05) is 6.54 Å². The minimum absolute atomic E-state index is 0.585. The summed E-state index contributed by atoms with van der Waals surface area (Å²) in [4.78, 5) is 0. The molecule has 1 N–H and O–H groups in total. The van der Waals surface area contributed by atoms with E-state index >= 15 is 0 Å². The highest BCUT2D eigenvalue weighted by Gasteiger charge is 2.63. The van der Waals surface area contributed by atoms with Crippen molar-refractivity contribution in [1.82, 2.24) is 5.32 Å². The van der Waals surface area contributed by atoms with Gasteiger partial charge < -0.3 is 5.32 Å². The van der Waals surface area contributed by atoms with Gasteiger partial charge in [0, 0.05) is 6.04 Å². The first kappa shape index (κ1) is 13.6. The van der Waals surface area contributed by atoms with E-state index in [0.29, 0.717) is 5.41 Å². The lowest BCUT2D eigenvalue weighted by Gasteiger charge is -2.68. The van der Waals surface area contributed by atoms with Crippen LogP contribution >= 0.6 is 0 Å². The van der Waals surface area contributed by atoms with Gasteiger partial charge in [-0.3, -0.25) is 0 Å². The van der Waals surface area contributed by atoms with Crippen LogP contribution in [0.3, 0.4) is 0 Å². The number of hydrogen-bond donors (Lipinski definition) is 1. The highest BCUT2D eigenvalue weighted by Crippen LogP contribution is 2.69. The van der Waals surface area contributed by atoms with E-state index in [9.17, 15) is 0 Å². The first-order chi connectivity index (χ1) is 9.59. The molecule has 5 aliphatic carbocycles. The zero-order chi connectivity index (χ0) is 14.0. The van der Waals surface area contributed by atoms with E-state index in [-0.39, 0.29) is 0 Å². The fraction of sp³-hybridized carbons (Fsp3) is 1.00. The third-order valence-electron chi connectivity index (χ3n) is 8.10. The fourth-order valence-electron chi connectivity index (χ4n) is 7.47. The molecule has 20 heavy (non-hydrogen) atoms. The first-order valence-corrected chi connectivity index (χ1v) is 9.33. The van der Waals surface area contributed by atoms with Crippen molar-refractivity contribution < 1.29 is 0 Å². The molecular weight excluding hydrogens is 242 g/mol. The third-order valence-corrected chi connectivity index (χ3v) is 8.10. The Bertz CT molecular complexity index is 352. The van der Waals surface area contributed by atoms with Crippen LogP contribution in [-0.4, -0.2) is 12.6 Å². The molecule has 0 aromatic carbocycles. The molecule has 0 amide bonds. The summed E-state index contributed by atoms with van der Waals surface area (Å²) < 4.78 is 0.